The molecule has 6 nitrogen and oxygen atoms in total. The molecule has 0 aliphatic carbocycles. The van der Waals surface area contributed by atoms with Crippen molar-refractivity contribution < 1.29 is 18.7 Å². The first kappa shape index (κ1) is 24.4. The van der Waals surface area contributed by atoms with Crippen LogP contribution >= 0.6 is 0 Å². The molecule has 0 aliphatic rings. The van der Waals surface area contributed by atoms with Crippen LogP contribution < -0.4 is 14.8 Å². The maximum absolute atomic E-state index is 12.5. The highest BCUT2D eigenvalue weighted by Crippen LogP contribution is 2.40. The Bertz CT molecular complexity index is 1130. The summed E-state index contributed by atoms with van der Waals surface area (Å²) in [7, 11) is 5.69. The van der Waals surface area contributed by atoms with E-state index in [-0.39, 0.29) is 5.91 Å². The van der Waals surface area contributed by atoms with Gasteiger partial charge in [-0.3, -0.25) is 4.79 Å². The van der Waals surface area contributed by atoms with Crippen molar-refractivity contribution in [2.24, 2.45) is 0 Å². The molecule has 0 unspecified atom stereocenters. The number of nitrogens with zero attached hydrogens (tertiary/aromatic N) is 1. The number of nitrogens with one attached hydrogen (secondary N) is 1. The zero-order valence-electron chi connectivity index (χ0n) is 20.5. The van der Waals surface area contributed by atoms with Crippen LogP contribution in [0.25, 0.3) is 27.7 Å². The average molecular weight is 451 g/mol. The van der Waals surface area contributed by atoms with Crippen LogP contribution in [0, 0.1) is 6.92 Å². The van der Waals surface area contributed by atoms with E-state index in [4.69, 9.17) is 13.9 Å². The normalized spacial score (nSPS) is 11.8. The van der Waals surface area contributed by atoms with E-state index in [9.17, 15) is 4.79 Å². The topological polar surface area (TPSA) is 63.9 Å². The number of hydrogen-bond donors (Lipinski definition) is 1. The van der Waals surface area contributed by atoms with Gasteiger partial charge in [0.25, 0.3) is 0 Å². The Labute approximate surface area is 196 Å². The number of amides is 1. The van der Waals surface area contributed by atoms with Crippen molar-refractivity contribution in [1.29, 1.82) is 0 Å². The van der Waals surface area contributed by atoms with Crippen LogP contribution in [-0.4, -0.2) is 51.7 Å². The van der Waals surface area contributed by atoms with Crippen LogP contribution in [0.5, 0.6) is 11.5 Å². The molecule has 1 aromatic heterocycles. The van der Waals surface area contributed by atoms with Crippen LogP contribution in [0.1, 0.15) is 31.4 Å². The fourth-order valence-corrected chi connectivity index (χ4v) is 3.93. The number of rotatable bonds is 10. The number of hydrogen-bond acceptors (Lipinski definition) is 5. The van der Waals surface area contributed by atoms with E-state index in [0.29, 0.717) is 18.9 Å². The van der Waals surface area contributed by atoms with Crippen LogP contribution in [0.4, 0.5) is 0 Å². The molecule has 1 N–H and O–H groups in total. The lowest BCUT2D eigenvalue weighted by Gasteiger charge is -2.14. The van der Waals surface area contributed by atoms with Gasteiger partial charge in [0.1, 0.15) is 17.1 Å². The number of ether oxygens (including phenoxy) is 2. The third-order valence-corrected chi connectivity index (χ3v) is 5.58. The molecule has 0 spiro atoms. The summed E-state index contributed by atoms with van der Waals surface area (Å²) in [5, 5.41) is 3.94. The van der Waals surface area contributed by atoms with Crippen molar-refractivity contribution in [3.05, 3.63) is 53.8 Å². The minimum Gasteiger partial charge on any atom is -0.496 e. The highest BCUT2D eigenvalue weighted by molar-refractivity contribution is 6.01. The second-order valence-corrected chi connectivity index (χ2v) is 8.34. The van der Waals surface area contributed by atoms with Crippen molar-refractivity contribution >= 4 is 22.4 Å². The Balaban J connectivity index is 1.94. The molecule has 33 heavy (non-hydrogen) atoms. The maximum Gasteiger partial charge on any atom is 0.244 e. The monoisotopic (exact) mass is 450 g/mol. The van der Waals surface area contributed by atoms with E-state index < -0.39 is 0 Å². The summed E-state index contributed by atoms with van der Waals surface area (Å²) in [6.07, 6.45) is 4.31. The smallest absolute Gasteiger partial charge is 0.244 e. The maximum atomic E-state index is 12.5. The van der Waals surface area contributed by atoms with Gasteiger partial charge in [-0.1, -0.05) is 12.1 Å². The molecule has 6 heteroatoms. The zero-order valence-corrected chi connectivity index (χ0v) is 20.5. The van der Waals surface area contributed by atoms with Gasteiger partial charge in [-0.05, 0) is 77.2 Å². The van der Waals surface area contributed by atoms with E-state index in [2.05, 4.69) is 10.2 Å². The van der Waals surface area contributed by atoms with Crippen molar-refractivity contribution in [2.75, 3.05) is 40.9 Å². The first-order valence-corrected chi connectivity index (χ1v) is 11.3. The van der Waals surface area contributed by atoms with Gasteiger partial charge in [0.05, 0.1) is 20.0 Å². The van der Waals surface area contributed by atoms with Crippen LogP contribution in [0.2, 0.25) is 0 Å². The minimum absolute atomic E-state index is 0.106. The van der Waals surface area contributed by atoms with Crippen LogP contribution in [-0.2, 0) is 4.79 Å². The van der Waals surface area contributed by atoms with Gasteiger partial charge in [-0.2, -0.15) is 0 Å². The second-order valence-electron chi connectivity index (χ2n) is 8.34. The second kappa shape index (κ2) is 11.1. The first-order chi connectivity index (χ1) is 15.8. The van der Waals surface area contributed by atoms with Crippen molar-refractivity contribution in [2.45, 2.75) is 27.2 Å². The summed E-state index contributed by atoms with van der Waals surface area (Å²) in [4.78, 5) is 14.6. The lowest BCUT2D eigenvalue weighted by atomic mass is 9.96. The van der Waals surface area contributed by atoms with E-state index in [1.54, 1.807) is 19.4 Å². The summed E-state index contributed by atoms with van der Waals surface area (Å²) in [5.74, 6) is 1.44. The number of methoxy groups -OCH3 is 1. The van der Waals surface area contributed by atoms with Gasteiger partial charge in [-0.25, -0.2) is 0 Å². The van der Waals surface area contributed by atoms with Crippen LogP contribution in [0.15, 0.2) is 47.1 Å². The lowest BCUT2D eigenvalue weighted by Crippen LogP contribution is -2.25. The molecule has 1 heterocycles. The number of allylic oxidation sites excluding steroid dienone is 1. The number of carbonyl (C=O) groups excluding carboxylic acids is 1. The minimum atomic E-state index is -0.106. The molecule has 0 fully saturated rings. The van der Waals surface area contributed by atoms with Gasteiger partial charge >= 0.3 is 0 Å². The number of benzene rings is 2. The Hall–Kier alpha value is -3.25. The molecular weight excluding hydrogens is 416 g/mol. The Kier molecular flexibility index (Phi) is 8.17. The average Bonchev–Trinajstić information content (AvgIpc) is 3.21. The van der Waals surface area contributed by atoms with Gasteiger partial charge in [0.15, 0.2) is 0 Å². The Morgan fingerprint density at radius 1 is 1.21 bits per heavy atom. The third-order valence-electron chi connectivity index (χ3n) is 5.58. The van der Waals surface area contributed by atoms with E-state index in [1.807, 2.05) is 65.2 Å². The molecule has 0 atom stereocenters. The number of fused-ring (bicyclic) bond motifs is 1. The fraction of sp³-hybridized carbons (Fsp3) is 0.370. The molecule has 0 bridgehead atoms. The Morgan fingerprint density at radius 3 is 2.58 bits per heavy atom. The highest BCUT2D eigenvalue weighted by atomic mass is 16.5. The summed E-state index contributed by atoms with van der Waals surface area (Å²) < 4.78 is 17.2. The van der Waals surface area contributed by atoms with E-state index >= 15 is 0 Å². The SMILES string of the molecule is CCOc1ccc(-c2coc3c(C)c(OC)c(/C(C)=C/C(=O)NCCCN(C)C)cc23)cc1. The fourth-order valence-electron chi connectivity index (χ4n) is 3.93. The molecule has 0 radical (unpaired) electrons. The molecule has 1 amide bonds. The summed E-state index contributed by atoms with van der Waals surface area (Å²) in [6.45, 7) is 8.07. The molecule has 2 aromatic carbocycles. The molecule has 0 aliphatic heterocycles. The summed E-state index contributed by atoms with van der Waals surface area (Å²) >= 11 is 0. The lowest BCUT2D eigenvalue weighted by molar-refractivity contribution is -0.116. The van der Waals surface area contributed by atoms with Crippen molar-refractivity contribution in [1.82, 2.24) is 10.2 Å². The summed E-state index contributed by atoms with van der Waals surface area (Å²) in [6, 6.07) is 10.0. The molecule has 3 rings (SSSR count). The zero-order chi connectivity index (χ0) is 24.0. The molecular formula is C27H34N2O4. The molecule has 0 saturated carbocycles. The van der Waals surface area contributed by atoms with Crippen molar-refractivity contribution in [3.63, 3.8) is 0 Å². The van der Waals surface area contributed by atoms with Crippen LogP contribution in [0.3, 0.4) is 0 Å². The number of furan rings is 1. The highest BCUT2D eigenvalue weighted by Gasteiger charge is 2.19. The molecule has 3 aromatic rings. The van der Waals surface area contributed by atoms with E-state index in [1.165, 1.54) is 0 Å². The largest absolute Gasteiger partial charge is 0.496 e. The van der Waals surface area contributed by atoms with Gasteiger partial charge in [-0.15, -0.1) is 0 Å². The predicted octanol–water partition coefficient (Wildman–Crippen LogP) is 5.29. The van der Waals surface area contributed by atoms with Gasteiger partial charge in [0, 0.05) is 34.7 Å². The summed E-state index contributed by atoms with van der Waals surface area (Å²) in [5.41, 5.74) is 5.41. The van der Waals surface area contributed by atoms with Gasteiger partial charge < -0.3 is 24.1 Å². The molecule has 0 saturated heterocycles. The van der Waals surface area contributed by atoms with Crippen molar-refractivity contribution in [3.8, 4) is 22.6 Å². The third kappa shape index (κ3) is 5.76. The predicted molar refractivity (Wildman–Crippen MR) is 134 cm³/mol. The van der Waals surface area contributed by atoms with Gasteiger partial charge in [0.2, 0.25) is 5.91 Å². The number of aryl methyl sites for hydroxylation is 1. The molecule has 176 valence electrons. The quantitative estimate of drug-likeness (QED) is 0.336. The standard InChI is InChI=1S/C27H34N2O4/c1-7-32-21-11-9-20(10-12-21)24-17-33-27-19(3)26(31-6)22(16-23(24)27)18(2)15-25(30)28-13-8-14-29(4)5/h9-12,15-17H,7-8,13-14H2,1-6H3,(H,28,30)/b18-15+. The first-order valence-electron chi connectivity index (χ1n) is 11.3. The number of carbonyl (C=O) groups is 1. The van der Waals surface area contributed by atoms with E-state index in [0.717, 1.165) is 57.5 Å². The Morgan fingerprint density at radius 2 is 1.94 bits per heavy atom.